The Labute approximate surface area is 99.0 Å². The zero-order valence-corrected chi connectivity index (χ0v) is 10.8. The third kappa shape index (κ3) is 11.2. The topological polar surface area (TPSA) is 46.2 Å². The lowest BCUT2D eigenvalue weighted by Gasteiger charge is -2.06. The number of amides is 1. The van der Waals surface area contributed by atoms with E-state index in [9.17, 15) is 9.59 Å². The molecule has 0 fully saturated rings. The molecule has 0 radical (unpaired) electrons. The fourth-order valence-electron chi connectivity index (χ4n) is 1.49. The van der Waals surface area contributed by atoms with E-state index in [0.717, 1.165) is 18.9 Å². The Kier molecular flexibility index (Phi) is 8.87. The molecule has 0 saturated carbocycles. The third-order valence-corrected chi connectivity index (χ3v) is 2.46. The molecular weight excluding hydrogens is 202 g/mol. The second-order valence-electron chi connectivity index (χ2n) is 4.80. The van der Waals surface area contributed by atoms with Crippen LogP contribution in [-0.4, -0.2) is 18.2 Å². The predicted molar refractivity (Wildman–Crippen MR) is 66.2 cm³/mol. The van der Waals surface area contributed by atoms with Gasteiger partial charge in [0.15, 0.2) is 0 Å². The molecule has 0 aromatic carbocycles. The smallest absolute Gasteiger partial charge is 0.220 e. The second-order valence-corrected chi connectivity index (χ2v) is 4.80. The van der Waals surface area contributed by atoms with Crippen LogP contribution in [0.15, 0.2) is 0 Å². The lowest BCUT2D eigenvalue weighted by Crippen LogP contribution is -2.24. The molecule has 3 nitrogen and oxygen atoms in total. The number of ketones is 1. The van der Waals surface area contributed by atoms with Gasteiger partial charge in [-0.2, -0.15) is 0 Å². The molecule has 16 heavy (non-hydrogen) atoms. The van der Waals surface area contributed by atoms with Crippen molar-refractivity contribution in [1.82, 2.24) is 5.32 Å². The summed E-state index contributed by atoms with van der Waals surface area (Å²) in [6.07, 6.45) is 5.11. The Morgan fingerprint density at radius 2 is 1.75 bits per heavy atom. The van der Waals surface area contributed by atoms with Crippen molar-refractivity contribution in [3.05, 3.63) is 0 Å². The van der Waals surface area contributed by atoms with Gasteiger partial charge < -0.3 is 10.1 Å². The summed E-state index contributed by atoms with van der Waals surface area (Å²) in [5, 5.41) is 2.88. The molecule has 0 rings (SSSR count). The minimum absolute atomic E-state index is 0.0748. The van der Waals surface area contributed by atoms with Crippen molar-refractivity contribution in [2.45, 2.75) is 59.3 Å². The average Bonchev–Trinajstić information content (AvgIpc) is 2.16. The predicted octanol–water partition coefficient (Wildman–Crippen LogP) is 2.69. The van der Waals surface area contributed by atoms with Crippen LogP contribution in [0.5, 0.6) is 0 Å². The number of carbonyl (C=O) groups excluding carboxylic acids is 2. The molecule has 0 aromatic rings. The quantitative estimate of drug-likeness (QED) is 0.616. The molecule has 0 aliphatic rings. The van der Waals surface area contributed by atoms with Crippen LogP contribution in [0.1, 0.15) is 59.3 Å². The molecule has 0 aromatic heterocycles. The lowest BCUT2D eigenvalue weighted by atomic mass is 10.1. The molecule has 1 N–H and O–H groups in total. The van der Waals surface area contributed by atoms with Gasteiger partial charge in [-0.15, -0.1) is 0 Å². The zero-order chi connectivity index (χ0) is 12.4. The maximum atomic E-state index is 11.3. The van der Waals surface area contributed by atoms with Gasteiger partial charge in [0.05, 0.1) is 0 Å². The molecule has 0 saturated heterocycles. The number of hydrogen-bond donors (Lipinski definition) is 1. The fraction of sp³-hybridized carbons (Fsp3) is 0.846. The Morgan fingerprint density at radius 1 is 1.06 bits per heavy atom. The number of unbranched alkanes of at least 4 members (excludes halogenated alkanes) is 1. The van der Waals surface area contributed by atoms with Gasteiger partial charge in [-0.3, -0.25) is 4.79 Å². The maximum absolute atomic E-state index is 11.3. The van der Waals surface area contributed by atoms with Crippen LogP contribution in [0.25, 0.3) is 0 Å². The Morgan fingerprint density at radius 3 is 2.31 bits per heavy atom. The highest BCUT2D eigenvalue weighted by Gasteiger charge is 2.01. The van der Waals surface area contributed by atoms with E-state index in [-0.39, 0.29) is 11.7 Å². The van der Waals surface area contributed by atoms with E-state index in [0.29, 0.717) is 19.3 Å². The Bertz CT molecular complexity index is 212. The molecule has 1 amide bonds. The monoisotopic (exact) mass is 227 g/mol. The zero-order valence-electron chi connectivity index (χ0n) is 10.8. The second kappa shape index (κ2) is 9.37. The summed E-state index contributed by atoms with van der Waals surface area (Å²) in [6.45, 7) is 6.75. The fourth-order valence-corrected chi connectivity index (χ4v) is 1.49. The van der Waals surface area contributed by atoms with Crippen LogP contribution >= 0.6 is 0 Å². The van der Waals surface area contributed by atoms with Crippen LogP contribution in [0.2, 0.25) is 0 Å². The van der Waals surface area contributed by atoms with Gasteiger partial charge in [-0.1, -0.05) is 26.7 Å². The van der Waals surface area contributed by atoms with Gasteiger partial charge in [0.2, 0.25) is 5.91 Å². The van der Waals surface area contributed by atoms with E-state index in [4.69, 9.17) is 0 Å². The van der Waals surface area contributed by atoms with Crippen molar-refractivity contribution in [2.75, 3.05) is 6.54 Å². The van der Waals surface area contributed by atoms with Gasteiger partial charge in [0.25, 0.3) is 0 Å². The van der Waals surface area contributed by atoms with E-state index >= 15 is 0 Å². The highest BCUT2D eigenvalue weighted by atomic mass is 16.1. The van der Waals surface area contributed by atoms with Gasteiger partial charge in [-0.25, -0.2) is 0 Å². The summed E-state index contributed by atoms with van der Waals surface area (Å²) in [5.41, 5.74) is 0. The number of hydrogen-bond acceptors (Lipinski definition) is 2. The molecule has 0 unspecified atom stereocenters. The number of carbonyl (C=O) groups is 2. The molecule has 0 heterocycles. The highest BCUT2D eigenvalue weighted by molar-refractivity contribution is 5.78. The third-order valence-electron chi connectivity index (χ3n) is 2.46. The van der Waals surface area contributed by atoms with Crippen LogP contribution < -0.4 is 5.32 Å². The summed E-state index contributed by atoms with van der Waals surface area (Å²) in [7, 11) is 0. The van der Waals surface area contributed by atoms with Crippen LogP contribution in [-0.2, 0) is 9.59 Å². The van der Waals surface area contributed by atoms with Crippen LogP contribution in [0, 0.1) is 5.92 Å². The first kappa shape index (κ1) is 15.1. The molecule has 0 aliphatic heterocycles. The van der Waals surface area contributed by atoms with Gasteiger partial charge in [-0.05, 0) is 25.7 Å². The number of Topliss-reactive ketones (excluding diaryl/α,β-unsaturated/α-hetero) is 1. The highest BCUT2D eigenvalue weighted by Crippen LogP contribution is 2.05. The standard InChI is InChI=1S/C13H25NO2/c1-11(2)7-4-5-10-14-13(16)9-6-8-12(3)15/h11H,4-10H2,1-3H3,(H,14,16). The van der Waals surface area contributed by atoms with Crippen molar-refractivity contribution in [3.63, 3.8) is 0 Å². The SMILES string of the molecule is CC(=O)CCCC(=O)NCCCCC(C)C. The Balaban J connectivity index is 3.27. The number of rotatable bonds is 9. The summed E-state index contributed by atoms with van der Waals surface area (Å²) in [4.78, 5) is 22.0. The molecule has 0 bridgehead atoms. The van der Waals surface area contributed by atoms with Crippen molar-refractivity contribution >= 4 is 11.7 Å². The van der Waals surface area contributed by atoms with Gasteiger partial charge >= 0.3 is 0 Å². The molecule has 94 valence electrons. The first-order valence-electron chi connectivity index (χ1n) is 6.28. The largest absolute Gasteiger partial charge is 0.356 e. The van der Waals surface area contributed by atoms with Crippen molar-refractivity contribution < 1.29 is 9.59 Å². The van der Waals surface area contributed by atoms with Crippen LogP contribution in [0.3, 0.4) is 0 Å². The van der Waals surface area contributed by atoms with Crippen molar-refractivity contribution in [1.29, 1.82) is 0 Å². The van der Waals surface area contributed by atoms with Crippen molar-refractivity contribution in [2.24, 2.45) is 5.92 Å². The van der Waals surface area contributed by atoms with E-state index in [1.165, 1.54) is 12.8 Å². The minimum Gasteiger partial charge on any atom is -0.356 e. The molecule has 3 heteroatoms. The molecule has 0 aliphatic carbocycles. The van der Waals surface area contributed by atoms with E-state index in [1.54, 1.807) is 6.92 Å². The van der Waals surface area contributed by atoms with Crippen LogP contribution in [0.4, 0.5) is 0 Å². The number of nitrogens with one attached hydrogen (secondary N) is 1. The first-order chi connectivity index (χ1) is 7.52. The normalized spacial score (nSPS) is 10.5. The summed E-state index contributed by atoms with van der Waals surface area (Å²) < 4.78 is 0. The summed E-state index contributed by atoms with van der Waals surface area (Å²) >= 11 is 0. The van der Waals surface area contributed by atoms with E-state index in [2.05, 4.69) is 19.2 Å². The van der Waals surface area contributed by atoms with E-state index < -0.39 is 0 Å². The average molecular weight is 227 g/mol. The lowest BCUT2D eigenvalue weighted by molar-refractivity contribution is -0.121. The van der Waals surface area contributed by atoms with E-state index in [1.807, 2.05) is 0 Å². The minimum atomic E-state index is 0.0748. The Hall–Kier alpha value is -0.860. The van der Waals surface area contributed by atoms with Crippen molar-refractivity contribution in [3.8, 4) is 0 Å². The first-order valence-corrected chi connectivity index (χ1v) is 6.28. The molecule has 0 atom stereocenters. The maximum Gasteiger partial charge on any atom is 0.220 e. The summed E-state index contributed by atoms with van der Waals surface area (Å²) in [5.74, 6) is 0.974. The summed E-state index contributed by atoms with van der Waals surface area (Å²) in [6, 6.07) is 0. The van der Waals surface area contributed by atoms with Gasteiger partial charge in [0.1, 0.15) is 5.78 Å². The molecule has 0 spiro atoms. The molecular formula is C13H25NO2. The van der Waals surface area contributed by atoms with Gasteiger partial charge in [0, 0.05) is 19.4 Å².